The van der Waals surface area contributed by atoms with Gasteiger partial charge in [-0.1, -0.05) is 29.4 Å². The summed E-state index contributed by atoms with van der Waals surface area (Å²) < 4.78 is 0. The fourth-order valence-electron chi connectivity index (χ4n) is 0.498. The average molecular weight is 190 g/mol. The lowest BCUT2D eigenvalue weighted by molar-refractivity contribution is 0.975. The van der Waals surface area contributed by atoms with Crippen LogP contribution in [0.1, 0.15) is 6.92 Å². The summed E-state index contributed by atoms with van der Waals surface area (Å²) in [6, 6.07) is 0. The highest BCUT2D eigenvalue weighted by Gasteiger charge is 1.93. The summed E-state index contributed by atoms with van der Waals surface area (Å²) in [6.45, 7) is 1.85. The molecule has 0 aliphatic carbocycles. The molecule has 0 amide bonds. The van der Waals surface area contributed by atoms with Gasteiger partial charge in [-0.15, -0.1) is 5.10 Å². The van der Waals surface area contributed by atoms with Crippen LogP contribution in [0.3, 0.4) is 0 Å². The van der Waals surface area contributed by atoms with Gasteiger partial charge in [0, 0.05) is 10.8 Å². The van der Waals surface area contributed by atoms with Gasteiger partial charge in [0.05, 0.1) is 0 Å². The second-order valence-corrected chi connectivity index (χ2v) is 3.47. The number of aromatic amines is 1. The Morgan fingerprint density at radius 1 is 1.91 bits per heavy atom. The summed E-state index contributed by atoms with van der Waals surface area (Å²) in [7, 11) is 0. The molecule has 1 aromatic heterocycles. The van der Waals surface area contributed by atoms with Crippen LogP contribution in [0, 0.1) is 0 Å². The number of nitrogens with one attached hydrogen (secondary N) is 1. The molecule has 1 N–H and O–H groups in total. The molecule has 0 aliphatic rings. The van der Waals surface area contributed by atoms with E-state index in [1.165, 1.54) is 0 Å². The van der Waals surface area contributed by atoms with E-state index in [0.717, 1.165) is 15.9 Å². The molecule has 0 radical (unpaired) electrons. The van der Waals surface area contributed by atoms with E-state index in [0.29, 0.717) is 0 Å². The first-order chi connectivity index (χ1) is 5.29. The molecule has 1 heterocycles. The van der Waals surface area contributed by atoms with Crippen LogP contribution >= 0.6 is 23.4 Å². The van der Waals surface area contributed by atoms with Crippen molar-refractivity contribution in [2.45, 2.75) is 12.1 Å². The van der Waals surface area contributed by atoms with Gasteiger partial charge in [0.2, 0.25) is 5.16 Å². The van der Waals surface area contributed by atoms with Crippen molar-refractivity contribution in [3.05, 3.63) is 17.4 Å². The zero-order valence-corrected chi connectivity index (χ0v) is 7.61. The standard InChI is InChI=1S/C6H8ClN3S/c1-5(7)2-3-11-6-8-4-9-10-6/h2,4H,3H2,1H3,(H,8,9,10)/b5-2-. The molecule has 1 aromatic rings. The summed E-state index contributed by atoms with van der Waals surface area (Å²) >= 11 is 7.16. The third-order valence-corrected chi connectivity index (χ3v) is 1.91. The van der Waals surface area contributed by atoms with E-state index >= 15 is 0 Å². The third-order valence-electron chi connectivity index (χ3n) is 0.970. The Labute approximate surface area is 74.2 Å². The maximum absolute atomic E-state index is 5.62. The second kappa shape index (κ2) is 4.41. The van der Waals surface area contributed by atoms with E-state index in [4.69, 9.17) is 11.6 Å². The summed E-state index contributed by atoms with van der Waals surface area (Å²) in [4.78, 5) is 3.94. The van der Waals surface area contributed by atoms with E-state index in [1.54, 1.807) is 18.1 Å². The third kappa shape index (κ3) is 3.43. The van der Waals surface area contributed by atoms with Crippen molar-refractivity contribution in [3.8, 4) is 0 Å². The highest BCUT2D eigenvalue weighted by molar-refractivity contribution is 7.99. The van der Waals surface area contributed by atoms with Gasteiger partial charge in [0.1, 0.15) is 6.33 Å². The lowest BCUT2D eigenvalue weighted by Crippen LogP contribution is -1.76. The van der Waals surface area contributed by atoms with E-state index in [1.807, 2.05) is 13.0 Å². The molecule has 5 heteroatoms. The number of rotatable bonds is 3. The lowest BCUT2D eigenvalue weighted by Gasteiger charge is -1.88. The number of allylic oxidation sites excluding steroid dienone is 1. The minimum Gasteiger partial charge on any atom is -0.265 e. The minimum atomic E-state index is 0.749. The summed E-state index contributed by atoms with van der Waals surface area (Å²) in [5, 5.41) is 8.05. The first kappa shape index (κ1) is 8.62. The van der Waals surface area contributed by atoms with Crippen LogP contribution in [0.2, 0.25) is 0 Å². The molecule has 1 rings (SSSR count). The first-order valence-corrected chi connectivity index (χ1v) is 4.46. The molecule has 0 aromatic carbocycles. The molecular formula is C6H8ClN3S. The van der Waals surface area contributed by atoms with Crippen molar-refractivity contribution >= 4 is 23.4 Å². The molecule has 0 saturated heterocycles. The fraction of sp³-hybridized carbons (Fsp3) is 0.333. The highest BCUT2D eigenvalue weighted by atomic mass is 35.5. The summed E-state index contributed by atoms with van der Waals surface area (Å²) in [5.41, 5.74) is 0. The Balaban J connectivity index is 2.30. The first-order valence-electron chi connectivity index (χ1n) is 3.10. The van der Waals surface area contributed by atoms with Crippen molar-refractivity contribution in [1.29, 1.82) is 0 Å². The largest absolute Gasteiger partial charge is 0.265 e. The predicted molar refractivity (Wildman–Crippen MR) is 46.7 cm³/mol. The van der Waals surface area contributed by atoms with E-state index in [9.17, 15) is 0 Å². The van der Waals surface area contributed by atoms with E-state index < -0.39 is 0 Å². The molecule has 11 heavy (non-hydrogen) atoms. The van der Waals surface area contributed by atoms with Gasteiger partial charge in [0.25, 0.3) is 0 Å². The van der Waals surface area contributed by atoms with Crippen LogP contribution in [-0.2, 0) is 0 Å². The summed E-state index contributed by atoms with van der Waals surface area (Å²) in [6.07, 6.45) is 3.47. The molecule has 0 aliphatic heterocycles. The van der Waals surface area contributed by atoms with Gasteiger partial charge in [-0.05, 0) is 6.92 Å². The van der Waals surface area contributed by atoms with Crippen molar-refractivity contribution < 1.29 is 0 Å². The number of hydrogen-bond acceptors (Lipinski definition) is 3. The number of halogens is 1. The topological polar surface area (TPSA) is 41.6 Å². The van der Waals surface area contributed by atoms with Gasteiger partial charge >= 0.3 is 0 Å². The van der Waals surface area contributed by atoms with Crippen LogP contribution in [0.4, 0.5) is 0 Å². The average Bonchev–Trinajstić information content (AvgIpc) is 2.39. The molecule has 0 unspecified atom stereocenters. The number of nitrogens with zero attached hydrogens (tertiary/aromatic N) is 2. The smallest absolute Gasteiger partial charge is 0.208 e. The fourth-order valence-corrected chi connectivity index (χ4v) is 1.39. The van der Waals surface area contributed by atoms with Crippen molar-refractivity contribution in [2.24, 2.45) is 0 Å². The number of hydrogen-bond donors (Lipinski definition) is 1. The van der Waals surface area contributed by atoms with Crippen LogP contribution < -0.4 is 0 Å². The quantitative estimate of drug-likeness (QED) is 0.740. The number of H-pyrrole nitrogens is 1. The Morgan fingerprint density at radius 3 is 3.27 bits per heavy atom. The zero-order chi connectivity index (χ0) is 8.10. The Bertz CT molecular complexity index is 228. The molecule has 3 nitrogen and oxygen atoms in total. The van der Waals surface area contributed by atoms with Gasteiger partial charge in [0.15, 0.2) is 0 Å². The highest BCUT2D eigenvalue weighted by Crippen LogP contribution is 2.12. The number of thioether (sulfide) groups is 1. The molecule has 0 fully saturated rings. The monoisotopic (exact) mass is 189 g/mol. The predicted octanol–water partition coefficient (Wildman–Crippen LogP) is 2.04. The second-order valence-electron chi connectivity index (χ2n) is 1.88. The van der Waals surface area contributed by atoms with Gasteiger partial charge in [-0.2, -0.15) is 0 Å². The zero-order valence-electron chi connectivity index (χ0n) is 6.04. The van der Waals surface area contributed by atoms with E-state index in [2.05, 4.69) is 15.2 Å². The van der Waals surface area contributed by atoms with Crippen molar-refractivity contribution in [3.63, 3.8) is 0 Å². The SMILES string of the molecule is C/C(Cl)=C/CSc1nc[nH]n1. The maximum Gasteiger partial charge on any atom is 0.208 e. The van der Waals surface area contributed by atoms with Crippen molar-refractivity contribution in [1.82, 2.24) is 15.2 Å². The van der Waals surface area contributed by atoms with Crippen LogP contribution in [-0.4, -0.2) is 20.9 Å². The normalized spacial score (nSPS) is 12.0. The lowest BCUT2D eigenvalue weighted by atomic mass is 10.6. The Morgan fingerprint density at radius 2 is 2.73 bits per heavy atom. The Hall–Kier alpha value is -0.480. The van der Waals surface area contributed by atoms with Crippen LogP contribution in [0.25, 0.3) is 0 Å². The molecule has 0 saturated carbocycles. The van der Waals surface area contributed by atoms with E-state index in [-0.39, 0.29) is 0 Å². The van der Waals surface area contributed by atoms with Gasteiger partial charge in [-0.3, -0.25) is 5.10 Å². The Kier molecular flexibility index (Phi) is 3.45. The maximum atomic E-state index is 5.62. The van der Waals surface area contributed by atoms with Crippen LogP contribution in [0.5, 0.6) is 0 Å². The molecular weight excluding hydrogens is 182 g/mol. The molecule has 60 valence electrons. The minimum absolute atomic E-state index is 0.749. The summed E-state index contributed by atoms with van der Waals surface area (Å²) in [5.74, 6) is 0.813. The van der Waals surface area contributed by atoms with Crippen LogP contribution in [0.15, 0.2) is 22.6 Å². The molecule has 0 bridgehead atoms. The molecule has 0 atom stereocenters. The van der Waals surface area contributed by atoms with Crippen molar-refractivity contribution in [2.75, 3.05) is 5.75 Å². The number of aromatic nitrogens is 3. The van der Waals surface area contributed by atoms with Gasteiger partial charge < -0.3 is 0 Å². The molecule has 0 spiro atoms. The van der Waals surface area contributed by atoms with Gasteiger partial charge in [-0.25, -0.2) is 4.98 Å².